The number of nitrogens with one attached hydrogen (secondary N) is 1. The molecule has 1 aromatic rings. The van der Waals surface area contributed by atoms with Gasteiger partial charge in [0.1, 0.15) is 5.75 Å². The zero-order valence-corrected chi connectivity index (χ0v) is 12.5. The van der Waals surface area contributed by atoms with Gasteiger partial charge in [-0.25, -0.2) is 0 Å². The van der Waals surface area contributed by atoms with Crippen LogP contribution in [0.5, 0.6) is 5.75 Å². The summed E-state index contributed by atoms with van der Waals surface area (Å²) in [4.78, 5) is 0. The molecule has 0 saturated carbocycles. The number of unbranched alkanes of at least 4 members (excludes halogenated alkanes) is 5. The van der Waals surface area contributed by atoms with Gasteiger partial charge in [0.15, 0.2) is 0 Å². The molecule has 2 N–H and O–H groups in total. The van der Waals surface area contributed by atoms with E-state index in [0.29, 0.717) is 11.8 Å². The molecule has 0 aliphatic carbocycles. The molecule has 0 aliphatic heterocycles. The quantitative estimate of drug-likeness (QED) is 0.618. The third-order valence-corrected chi connectivity index (χ3v) is 3.50. The van der Waals surface area contributed by atoms with Crippen molar-refractivity contribution in [1.82, 2.24) is 5.32 Å². The summed E-state index contributed by atoms with van der Waals surface area (Å²) < 4.78 is 0. The fourth-order valence-corrected chi connectivity index (χ4v) is 2.31. The first kappa shape index (κ1) is 16.0. The van der Waals surface area contributed by atoms with Gasteiger partial charge in [-0.3, -0.25) is 0 Å². The van der Waals surface area contributed by atoms with Gasteiger partial charge in [0.2, 0.25) is 0 Å². The predicted molar refractivity (Wildman–Crippen MR) is 82.7 cm³/mol. The molecule has 0 spiro atoms. The summed E-state index contributed by atoms with van der Waals surface area (Å²) in [5.74, 6) is 0.344. The zero-order chi connectivity index (χ0) is 13.9. The number of hydrogen-bond acceptors (Lipinski definition) is 2. The van der Waals surface area contributed by atoms with Crippen molar-refractivity contribution in [3.63, 3.8) is 0 Å². The monoisotopic (exact) mass is 263 g/mol. The average molecular weight is 263 g/mol. The Labute approximate surface area is 118 Å². The highest BCUT2D eigenvalue weighted by Crippen LogP contribution is 2.11. The van der Waals surface area contributed by atoms with Crippen LogP contribution in [0.25, 0.3) is 0 Å². The van der Waals surface area contributed by atoms with Gasteiger partial charge in [0, 0.05) is 6.04 Å². The Kier molecular flexibility index (Phi) is 8.31. The van der Waals surface area contributed by atoms with Crippen LogP contribution in [-0.4, -0.2) is 17.7 Å². The molecule has 108 valence electrons. The molecule has 1 aromatic carbocycles. The number of phenols is 1. The summed E-state index contributed by atoms with van der Waals surface area (Å²) in [6, 6.07) is 8.02. The van der Waals surface area contributed by atoms with Crippen molar-refractivity contribution < 1.29 is 5.11 Å². The molecule has 1 rings (SSSR count). The lowest BCUT2D eigenvalue weighted by atomic mass is 10.1. The highest BCUT2D eigenvalue weighted by Gasteiger charge is 2.02. The van der Waals surface area contributed by atoms with E-state index in [4.69, 9.17) is 0 Å². The molecular weight excluding hydrogens is 234 g/mol. The summed E-state index contributed by atoms with van der Waals surface area (Å²) in [5.41, 5.74) is 1.28. The summed E-state index contributed by atoms with van der Waals surface area (Å²) >= 11 is 0. The largest absolute Gasteiger partial charge is 0.508 e. The lowest BCUT2D eigenvalue weighted by Crippen LogP contribution is -2.28. The molecule has 0 bridgehead atoms. The minimum Gasteiger partial charge on any atom is -0.508 e. The van der Waals surface area contributed by atoms with Crippen molar-refractivity contribution in [2.24, 2.45) is 0 Å². The maximum absolute atomic E-state index is 9.24. The Morgan fingerprint density at radius 1 is 1.00 bits per heavy atom. The first-order valence-corrected chi connectivity index (χ1v) is 7.73. The van der Waals surface area contributed by atoms with Crippen LogP contribution in [0.2, 0.25) is 0 Å². The summed E-state index contributed by atoms with van der Waals surface area (Å²) in [6.45, 7) is 5.60. The standard InChI is InChI=1S/C17H29NO/c1-3-4-5-6-7-8-13-18-15(2)14-16-9-11-17(19)12-10-16/h9-12,15,18-19H,3-8,13-14H2,1-2H3. The smallest absolute Gasteiger partial charge is 0.115 e. The molecular formula is C17H29NO. The first-order chi connectivity index (χ1) is 9.22. The van der Waals surface area contributed by atoms with Gasteiger partial charge in [0.25, 0.3) is 0 Å². The first-order valence-electron chi connectivity index (χ1n) is 7.73. The van der Waals surface area contributed by atoms with Gasteiger partial charge in [-0.1, -0.05) is 51.2 Å². The number of phenolic OH excluding ortho intramolecular Hbond substituents is 1. The number of benzene rings is 1. The van der Waals surface area contributed by atoms with E-state index in [0.717, 1.165) is 13.0 Å². The average Bonchev–Trinajstić information content (AvgIpc) is 2.40. The fourth-order valence-electron chi connectivity index (χ4n) is 2.31. The van der Waals surface area contributed by atoms with Gasteiger partial charge in [-0.05, 0) is 44.0 Å². The summed E-state index contributed by atoms with van der Waals surface area (Å²) in [7, 11) is 0. The van der Waals surface area contributed by atoms with Crippen LogP contribution in [0.4, 0.5) is 0 Å². The fraction of sp³-hybridized carbons (Fsp3) is 0.647. The Bertz CT molecular complexity index is 321. The molecule has 0 amide bonds. The molecule has 0 saturated heterocycles. The van der Waals surface area contributed by atoms with Crippen LogP contribution in [-0.2, 0) is 6.42 Å². The van der Waals surface area contributed by atoms with Crippen molar-refractivity contribution in [3.05, 3.63) is 29.8 Å². The normalized spacial score (nSPS) is 12.5. The van der Waals surface area contributed by atoms with Gasteiger partial charge in [-0.15, -0.1) is 0 Å². The second-order valence-electron chi connectivity index (χ2n) is 5.49. The highest BCUT2D eigenvalue weighted by atomic mass is 16.3. The van der Waals surface area contributed by atoms with E-state index < -0.39 is 0 Å². The number of aromatic hydroxyl groups is 1. The van der Waals surface area contributed by atoms with E-state index in [1.807, 2.05) is 12.1 Å². The predicted octanol–water partition coefficient (Wildman–Crippen LogP) is 4.27. The molecule has 1 atom stereocenters. The van der Waals surface area contributed by atoms with Crippen LogP contribution >= 0.6 is 0 Å². The van der Waals surface area contributed by atoms with Gasteiger partial charge < -0.3 is 10.4 Å². The Hall–Kier alpha value is -1.02. The lowest BCUT2D eigenvalue weighted by molar-refractivity contribution is 0.474. The SMILES string of the molecule is CCCCCCCCNC(C)Cc1ccc(O)cc1. The van der Waals surface area contributed by atoms with Crippen LogP contribution in [0.1, 0.15) is 57.9 Å². The van der Waals surface area contributed by atoms with Gasteiger partial charge >= 0.3 is 0 Å². The van der Waals surface area contributed by atoms with Crippen LogP contribution in [0.15, 0.2) is 24.3 Å². The molecule has 0 aliphatic rings. The van der Waals surface area contributed by atoms with Crippen molar-refractivity contribution >= 4 is 0 Å². The number of hydrogen-bond donors (Lipinski definition) is 2. The zero-order valence-electron chi connectivity index (χ0n) is 12.5. The molecule has 0 heterocycles. The third kappa shape index (κ3) is 7.89. The molecule has 0 radical (unpaired) electrons. The van der Waals surface area contributed by atoms with Crippen LogP contribution in [0.3, 0.4) is 0 Å². The topological polar surface area (TPSA) is 32.3 Å². The van der Waals surface area contributed by atoms with E-state index in [1.165, 1.54) is 44.1 Å². The third-order valence-electron chi connectivity index (χ3n) is 3.50. The lowest BCUT2D eigenvalue weighted by Gasteiger charge is -2.13. The van der Waals surface area contributed by atoms with Crippen molar-refractivity contribution in [2.45, 2.75) is 64.8 Å². The maximum Gasteiger partial charge on any atom is 0.115 e. The van der Waals surface area contributed by atoms with Crippen molar-refractivity contribution in [1.29, 1.82) is 0 Å². The second-order valence-corrected chi connectivity index (χ2v) is 5.49. The van der Waals surface area contributed by atoms with E-state index >= 15 is 0 Å². The van der Waals surface area contributed by atoms with Crippen LogP contribution < -0.4 is 5.32 Å². The second kappa shape index (κ2) is 9.85. The molecule has 0 fully saturated rings. The van der Waals surface area contributed by atoms with Crippen molar-refractivity contribution in [2.75, 3.05) is 6.54 Å². The van der Waals surface area contributed by atoms with E-state index in [1.54, 1.807) is 12.1 Å². The molecule has 2 nitrogen and oxygen atoms in total. The Morgan fingerprint density at radius 3 is 2.32 bits per heavy atom. The molecule has 0 aromatic heterocycles. The summed E-state index contributed by atoms with van der Waals surface area (Å²) in [5, 5.41) is 12.8. The Morgan fingerprint density at radius 2 is 1.63 bits per heavy atom. The Balaban J connectivity index is 2.04. The van der Waals surface area contributed by atoms with Crippen LogP contribution in [0, 0.1) is 0 Å². The van der Waals surface area contributed by atoms with Gasteiger partial charge in [-0.2, -0.15) is 0 Å². The van der Waals surface area contributed by atoms with Crippen molar-refractivity contribution in [3.8, 4) is 5.75 Å². The molecule has 2 heteroatoms. The minimum atomic E-state index is 0.344. The van der Waals surface area contributed by atoms with E-state index in [2.05, 4.69) is 19.2 Å². The maximum atomic E-state index is 9.24. The van der Waals surface area contributed by atoms with E-state index in [-0.39, 0.29) is 0 Å². The van der Waals surface area contributed by atoms with E-state index in [9.17, 15) is 5.11 Å². The minimum absolute atomic E-state index is 0.344. The summed E-state index contributed by atoms with van der Waals surface area (Å²) in [6.07, 6.45) is 9.12. The molecule has 1 unspecified atom stereocenters. The van der Waals surface area contributed by atoms with Gasteiger partial charge in [0.05, 0.1) is 0 Å². The molecule has 19 heavy (non-hydrogen) atoms. The number of rotatable bonds is 10. The highest BCUT2D eigenvalue weighted by molar-refractivity contribution is 5.26.